The normalized spacial score (nSPS) is 15.2. The van der Waals surface area contributed by atoms with Crippen molar-refractivity contribution in [3.8, 4) is 28.4 Å². The summed E-state index contributed by atoms with van der Waals surface area (Å²) in [5, 5.41) is 0. The molecule has 1 N–H and O–H groups in total. The van der Waals surface area contributed by atoms with Crippen LogP contribution in [0.1, 0.15) is 54.4 Å². The van der Waals surface area contributed by atoms with E-state index in [1.165, 1.54) is 11.1 Å². The smallest absolute Gasteiger partial charge is 0.211 e. The third-order valence-corrected chi connectivity index (χ3v) is 9.19. The molecule has 0 bridgehead atoms. The third kappa shape index (κ3) is 7.34. The molecule has 3 aromatic carbocycles. The third-order valence-electron chi connectivity index (χ3n) is 7.64. The molecule has 0 amide bonds. The Morgan fingerprint density at radius 3 is 2.54 bits per heavy atom. The molecule has 1 aliphatic heterocycles. The van der Waals surface area contributed by atoms with Gasteiger partial charge in [0.05, 0.1) is 19.0 Å². The van der Waals surface area contributed by atoms with Crippen LogP contribution in [0.15, 0.2) is 54.6 Å². The minimum atomic E-state index is -3.21. The van der Waals surface area contributed by atoms with Crippen molar-refractivity contribution in [3.05, 3.63) is 76.9 Å². The fourth-order valence-corrected chi connectivity index (χ4v) is 7.25. The van der Waals surface area contributed by atoms with Gasteiger partial charge < -0.3 is 14.2 Å². The summed E-state index contributed by atoms with van der Waals surface area (Å²) < 4.78 is 45.0. The van der Waals surface area contributed by atoms with Crippen molar-refractivity contribution in [1.29, 1.82) is 0 Å². The Labute approximate surface area is 232 Å². The number of rotatable bonds is 12. The Hall–Kier alpha value is -3.03. The first-order valence-electron chi connectivity index (χ1n) is 14.1. The molecule has 0 radical (unpaired) electrons. The molecule has 2 aliphatic rings. The maximum atomic E-state index is 12.3. The van der Waals surface area contributed by atoms with Gasteiger partial charge in [-0.05, 0) is 96.7 Å². The topological polar surface area (TPSA) is 73.9 Å². The molecule has 6 nitrogen and oxygen atoms in total. The van der Waals surface area contributed by atoms with Gasteiger partial charge in [-0.1, -0.05) is 37.1 Å². The standard InChI is InChI=1S/C32H39NO5S/c1-23-17-30(36-15-6-14-33-39(34,35)22-25-7-3-4-8-25)18-24(2)32(23)28-10-5-9-26(19-28)21-38-29-12-11-27-13-16-37-31(27)20-29/h5,9-12,17-20,25,33H,3-4,6-8,13-16,21-22H2,1-2H3. The van der Waals surface area contributed by atoms with Crippen LogP contribution in [0.5, 0.6) is 17.2 Å². The number of benzene rings is 3. The minimum absolute atomic E-state index is 0.254. The number of hydrogen-bond donors (Lipinski definition) is 1. The second-order valence-electron chi connectivity index (χ2n) is 10.8. The van der Waals surface area contributed by atoms with E-state index < -0.39 is 10.0 Å². The van der Waals surface area contributed by atoms with Crippen LogP contribution in [-0.2, 0) is 23.1 Å². The zero-order valence-electron chi connectivity index (χ0n) is 23.0. The number of nitrogens with one attached hydrogen (secondary N) is 1. The van der Waals surface area contributed by atoms with Crippen molar-refractivity contribution in [2.24, 2.45) is 5.92 Å². The number of fused-ring (bicyclic) bond motifs is 1. The quantitative estimate of drug-likeness (QED) is 0.266. The lowest BCUT2D eigenvalue weighted by Crippen LogP contribution is -2.30. The summed E-state index contributed by atoms with van der Waals surface area (Å²) >= 11 is 0. The molecular weight excluding hydrogens is 510 g/mol. The molecule has 7 heteroatoms. The van der Waals surface area contributed by atoms with Crippen LogP contribution in [0.3, 0.4) is 0 Å². The van der Waals surface area contributed by atoms with Gasteiger partial charge in [0.15, 0.2) is 0 Å². The van der Waals surface area contributed by atoms with Gasteiger partial charge in [-0.3, -0.25) is 0 Å². The number of hydrogen-bond acceptors (Lipinski definition) is 5. The summed E-state index contributed by atoms with van der Waals surface area (Å²) in [4.78, 5) is 0. The Morgan fingerprint density at radius 1 is 0.949 bits per heavy atom. The Bertz CT molecular complexity index is 1370. The highest BCUT2D eigenvalue weighted by Gasteiger charge is 2.22. The van der Waals surface area contributed by atoms with E-state index in [1.807, 2.05) is 12.1 Å². The van der Waals surface area contributed by atoms with Crippen LogP contribution in [0.2, 0.25) is 0 Å². The van der Waals surface area contributed by atoms with Gasteiger partial charge in [0, 0.05) is 19.0 Å². The van der Waals surface area contributed by atoms with Crippen molar-refractivity contribution in [2.75, 3.05) is 25.5 Å². The van der Waals surface area contributed by atoms with Crippen LogP contribution in [0.25, 0.3) is 11.1 Å². The van der Waals surface area contributed by atoms with Gasteiger partial charge in [-0.15, -0.1) is 0 Å². The van der Waals surface area contributed by atoms with Crippen molar-refractivity contribution in [2.45, 2.75) is 59.0 Å². The molecule has 1 fully saturated rings. The second kappa shape index (κ2) is 12.4. The van der Waals surface area contributed by atoms with E-state index in [4.69, 9.17) is 14.2 Å². The summed E-state index contributed by atoms with van der Waals surface area (Å²) in [7, 11) is -3.21. The Morgan fingerprint density at radius 2 is 1.74 bits per heavy atom. The van der Waals surface area contributed by atoms with Crippen molar-refractivity contribution < 1.29 is 22.6 Å². The maximum Gasteiger partial charge on any atom is 0.211 e. The molecule has 39 heavy (non-hydrogen) atoms. The molecule has 0 aromatic heterocycles. The Balaban J connectivity index is 1.14. The summed E-state index contributed by atoms with van der Waals surface area (Å²) in [5.41, 5.74) is 6.94. The van der Waals surface area contributed by atoms with E-state index >= 15 is 0 Å². The molecule has 0 unspecified atom stereocenters. The summed E-state index contributed by atoms with van der Waals surface area (Å²) in [5.74, 6) is 3.12. The van der Waals surface area contributed by atoms with Crippen LogP contribution in [0.4, 0.5) is 0 Å². The van der Waals surface area contributed by atoms with Crippen molar-refractivity contribution in [1.82, 2.24) is 4.72 Å². The highest BCUT2D eigenvalue weighted by molar-refractivity contribution is 7.89. The zero-order chi connectivity index (χ0) is 27.2. The van der Waals surface area contributed by atoms with E-state index in [9.17, 15) is 8.42 Å². The molecule has 1 saturated carbocycles. The van der Waals surface area contributed by atoms with E-state index in [1.54, 1.807) is 0 Å². The lowest BCUT2D eigenvalue weighted by Gasteiger charge is -2.15. The first kappa shape index (κ1) is 27.5. The molecule has 1 aliphatic carbocycles. The van der Waals surface area contributed by atoms with Gasteiger partial charge in [0.2, 0.25) is 10.0 Å². The van der Waals surface area contributed by atoms with Gasteiger partial charge in [-0.2, -0.15) is 0 Å². The van der Waals surface area contributed by atoms with E-state index in [0.29, 0.717) is 32.1 Å². The predicted molar refractivity (Wildman–Crippen MR) is 155 cm³/mol. The fraction of sp³-hybridized carbons (Fsp3) is 0.438. The largest absolute Gasteiger partial charge is 0.494 e. The molecule has 0 atom stereocenters. The van der Waals surface area contributed by atoms with Crippen molar-refractivity contribution >= 4 is 10.0 Å². The molecule has 0 spiro atoms. The predicted octanol–water partition coefficient (Wildman–Crippen LogP) is 6.36. The van der Waals surface area contributed by atoms with Gasteiger partial charge >= 0.3 is 0 Å². The van der Waals surface area contributed by atoms with E-state index in [2.05, 4.69) is 61.0 Å². The SMILES string of the molecule is Cc1cc(OCCCNS(=O)(=O)CC2CCCC2)cc(C)c1-c1cccc(COc2ccc3c(c2)OCC3)c1. The highest BCUT2D eigenvalue weighted by Crippen LogP contribution is 2.33. The van der Waals surface area contributed by atoms with Crippen LogP contribution in [-0.4, -0.2) is 33.9 Å². The first-order chi connectivity index (χ1) is 18.9. The Kier molecular flexibility index (Phi) is 8.78. The second-order valence-corrected chi connectivity index (χ2v) is 12.7. The lowest BCUT2D eigenvalue weighted by molar-refractivity contribution is 0.302. The monoisotopic (exact) mass is 549 g/mol. The fourth-order valence-electron chi connectivity index (χ4n) is 5.72. The number of sulfonamides is 1. The first-order valence-corrected chi connectivity index (χ1v) is 15.7. The molecule has 1 heterocycles. The van der Waals surface area contributed by atoms with Gasteiger partial charge in [0.25, 0.3) is 0 Å². The summed E-state index contributed by atoms with van der Waals surface area (Å²) in [6.45, 7) is 6.28. The average Bonchev–Trinajstić information content (AvgIpc) is 3.58. The highest BCUT2D eigenvalue weighted by atomic mass is 32.2. The summed E-state index contributed by atoms with van der Waals surface area (Å²) in [6, 6.07) is 18.6. The van der Waals surface area contributed by atoms with Gasteiger partial charge in [0.1, 0.15) is 23.9 Å². The van der Waals surface area contributed by atoms with Crippen LogP contribution < -0.4 is 18.9 Å². The molecule has 0 saturated heterocycles. The van der Waals surface area contributed by atoms with E-state index in [-0.39, 0.29) is 5.75 Å². The molecule has 208 valence electrons. The zero-order valence-corrected chi connectivity index (χ0v) is 23.8. The summed E-state index contributed by atoms with van der Waals surface area (Å²) in [6.07, 6.45) is 5.95. The number of aryl methyl sites for hydroxylation is 2. The minimum Gasteiger partial charge on any atom is -0.494 e. The maximum absolute atomic E-state index is 12.3. The molecule has 3 aromatic rings. The van der Waals surface area contributed by atoms with E-state index in [0.717, 1.165) is 78.2 Å². The molecular formula is C32H39NO5S. The van der Waals surface area contributed by atoms with Crippen molar-refractivity contribution in [3.63, 3.8) is 0 Å². The van der Waals surface area contributed by atoms with Crippen LogP contribution in [0, 0.1) is 19.8 Å². The lowest BCUT2D eigenvalue weighted by atomic mass is 9.94. The van der Waals surface area contributed by atoms with Crippen LogP contribution >= 0.6 is 0 Å². The van der Waals surface area contributed by atoms with Gasteiger partial charge in [-0.25, -0.2) is 13.1 Å². The molecule has 5 rings (SSSR count). The number of ether oxygens (including phenoxy) is 3. The average molecular weight is 550 g/mol.